The van der Waals surface area contributed by atoms with Crippen LogP contribution in [-0.4, -0.2) is 51.8 Å². The van der Waals surface area contributed by atoms with E-state index in [0.29, 0.717) is 20.9 Å². The van der Waals surface area contributed by atoms with Gasteiger partial charge in [0.1, 0.15) is 11.4 Å². The van der Waals surface area contributed by atoms with Crippen molar-refractivity contribution >= 4 is 80.4 Å². The van der Waals surface area contributed by atoms with Gasteiger partial charge in [0.05, 0.1) is 74.1 Å². The van der Waals surface area contributed by atoms with Gasteiger partial charge in [-0.15, -0.1) is 0 Å². The quantitative estimate of drug-likeness (QED) is 0.124. The van der Waals surface area contributed by atoms with Gasteiger partial charge in [0.15, 0.2) is 33.2 Å². The number of anilines is 4. The summed E-state index contributed by atoms with van der Waals surface area (Å²) >= 11 is 10.9. The lowest BCUT2D eigenvalue weighted by molar-refractivity contribution is -0.138. The van der Waals surface area contributed by atoms with Gasteiger partial charge in [-0.1, -0.05) is 13.8 Å². The molecule has 8 rings (SSSR count). The molecule has 14 nitrogen and oxygen atoms in total. The molecule has 0 saturated carbocycles. The molecule has 1 amide bonds. The number of amidine groups is 1. The van der Waals surface area contributed by atoms with Gasteiger partial charge in [-0.3, -0.25) is 38.4 Å². The summed E-state index contributed by atoms with van der Waals surface area (Å²) in [4.78, 5) is 50.4. The van der Waals surface area contributed by atoms with E-state index in [9.17, 15) is 49.5 Å². The first-order valence-corrected chi connectivity index (χ1v) is 21.7. The fourth-order valence-electron chi connectivity index (χ4n) is 8.08. The van der Waals surface area contributed by atoms with Gasteiger partial charge in [-0.05, 0) is 101 Å². The molecule has 6 aromatic rings. The van der Waals surface area contributed by atoms with Crippen LogP contribution < -0.4 is 30.7 Å². The Morgan fingerprint density at radius 2 is 0.986 bits per heavy atom. The van der Waals surface area contributed by atoms with Gasteiger partial charge in [-0.2, -0.15) is 45.6 Å². The van der Waals surface area contributed by atoms with Gasteiger partial charge in [-0.25, -0.2) is 18.7 Å². The largest absolute Gasteiger partial charge is 0.417 e. The maximum Gasteiger partial charge on any atom is 0.417 e. The van der Waals surface area contributed by atoms with Crippen molar-refractivity contribution in [3.8, 4) is 12.1 Å². The predicted octanol–water partition coefficient (Wildman–Crippen LogP) is 9.14. The minimum Gasteiger partial charge on any atom is -0.304 e. The summed E-state index contributed by atoms with van der Waals surface area (Å²) in [5, 5.41) is 26.3. The van der Waals surface area contributed by atoms with Crippen LogP contribution in [0, 0.1) is 51.3 Å². The van der Waals surface area contributed by atoms with E-state index in [1.807, 2.05) is 0 Å². The van der Waals surface area contributed by atoms with Crippen LogP contribution in [0.1, 0.15) is 75.2 Å². The van der Waals surface area contributed by atoms with Crippen LogP contribution in [-0.2, 0) is 30.0 Å². The van der Waals surface area contributed by atoms with Crippen molar-refractivity contribution < 1.29 is 48.7 Å². The Morgan fingerprint density at radius 1 is 0.611 bits per heavy atom. The first kappa shape index (κ1) is 52.0. The second-order valence-electron chi connectivity index (χ2n) is 16.9. The molecule has 2 aromatic carbocycles. The molecule has 6 heterocycles. The molecule has 2 aliphatic heterocycles. The molecule has 2 saturated heterocycles. The molecule has 0 unspecified atom stereocenters. The number of carbonyl (C=O) groups is 1. The van der Waals surface area contributed by atoms with Crippen molar-refractivity contribution in [1.29, 1.82) is 15.9 Å². The van der Waals surface area contributed by atoms with Gasteiger partial charge in [0, 0.05) is 24.5 Å². The minimum absolute atomic E-state index is 0.0421. The Hall–Kier alpha value is -7.84. The third kappa shape index (κ3) is 8.42. The molecule has 0 radical (unpaired) electrons. The maximum absolute atomic E-state index is 15.1. The number of aryl methyl sites for hydroxylation is 2. The summed E-state index contributed by atoms with van der Waals surface area (Å²) < 4.78 is 141. The average molecular weight is 1040 g/mol. The Kier molecular flexibility index (Phi) is 13.1. The lowest BCUT2D eigenvalue weighted by atomic mass is 10.0. The van der Waals surface area contributed by atoms with E-state index in [4.69, 9.17) is 40.4 Å². The monoisotopic (exact) mass is 1040 g/mol. The van der Waals surface area contributed by atoms with Crippen molar-refractivity contribution in [2.24, 2.45) is 0 Å². The number of benzene rings is 2. The highest BCUT2D eigenvalue weighted by Gasteiger charge is 2.52. The van der Waals surface area contributed by atoms with Crippen LogP contribution in [0.25, 0.3) is 11.3 Å². The lowest BCUT2D eigenvalue weighted by Gasteiger charge is -2.30. The Bertz CT molecular complexity index is 3350. The number of nitrogens with zero attached hydrogens (tertiary/aromatic N) is 10. The van der Waals surface area contributed by atoms with E-state index in [-0.39, 0.29) is 63.0 Å². The number of aromatic nitrogens is 4. The summed E-state index contributed by atoms with van der Waals surface area (Å²) in [6.07, 6.45) is -7.43. The number of halogens is 10. The molecular weight excluding hydrogens is 1010 g/mol. The highest BCUT2D eigenvalue weighted by atomic mass is 32.1. The fourth-order valence-corrected chi connectivity index (χ4v) is 9.13. The summed E-state index contributed by atoms with van der Waals surface area (Å²) in [6.45, 7) is 8.97. The number of hydrogen-bond donors (Lipinski definition) is 1. The van der Waals surface area contributed by atoms with Crippen LogP contribution in [0.15, 0.2) is 70.5 Å². The molecule has 372 valence electrons. The second kappa shape index (κ2) is 18.1. The molecule has 72 heavy (non-hydrogen) atoms. The number of fused-ring (bicyclic) bond motifs is 2. The molecule has 2 aliphatic rings. The van der Waals surface area contributed by atoms with E-state index in [1.54, 1.807) is 13.8 Å². The normalized spacial score (nSPS) is 15.6. The molecule has 4 aromatic heterocycles. The highest BCUT2D eigenvalue weighted by molar-refractivity contribution is 7.81. The van der Waals surface area contributed by atoms with Crippen LogP contribution in [0.4, 0.5) is 66.7 Å². The first-order valence-electron chi connectivity index (χ1n) is 20.9. The highest BCUT2D eigenvalue weighted by Crippen LogP contribution is 2.42. The number of thiocarbonyl (C=S) groups is 2. The maximum atomic E-state index is 15.1. The van der Waals surface area contributed by atoms with E-state index >= 15 is 8.78 Å². The average Bonchev–Trinajstić information content (AvgIpc) is 3.61. The molecule has 26 heteroatoms. The van der Waals surface area contributed by atoms with Crippen molar-refractivity contribution in [2.75, 3.05) is 19.6 Å². The van der Waals surface area contributed by atoms with E-state index in [1.165, 1.54) is 50.8 Å². The van der Waals surface area contributed by atoms with Gasteiger partial charge in [0.2, 0.25) is 11.6 Å². The topological polar surface area (TPSA) is 170 Å². The number of rotatable bonds is 6. The number of alkyl halides is 6. The predicted molar refractivity (Wildman–Crippen MR) is 250 cm³/mol. The Balaban J connectivity index is 0.000000211. The minimum atomic E-state index is -4.88. The standard InChI is InChI=1S/C23H17F5N6OS.C23H16F5N5O2S/c1-4-16-17(25)19(35)32-10-13(8-15(24)18(32)31-16)34-21(36)33(20(30)22(34,2)3)12-6-5-11(9-29)14(7-12)23(26,27)28;1-4-16-17(25)19(34)31-10-13(8-15(24)18(31)30-16)33-21(36)32(20(35)22(33,2)3)12-6-5-11(9-29)14(7-12)23(26,27)28/h5-8,10,30H,4H2,1-3H3;5-8,10H,4H2,1-3H3. The van der Waals surface area contributed by atoms with Gasteiger partial charge in [0.25, 0.3) is 17.0 Å². The number of nitrogens with one attached hydrogen (secondary N) is 1. The van der Waals surface area contributed by atoms with Crippen LogP contribution in [0.2, 0.25) is 0 Å². The van der Waals surface area contributed by atoms with Crippen LogP contribution >= 0.6 is 24.4 Å². The summed E-state index contributed by atoms with van der Waals surface area (Å²) in [5.41, 5.74) is -10.7. The lowest BCUT2D eigenvalue weighted by Crippen LogP contribution is -2.44. The fraction of sp³-hybridized carbons (Fsp3) is 0.261. The molecule has 0 spiro atoms. The summed E-state index contributed by atoms with van der Waals surface area (Å²) in [7, 11) is 0. The summed E-state index contributed by atoms with van der Waals surface area (Å²) in [5.74, 6) is -5.25. The number of nitriles is 2. The number of pyridine rings is 2. The van der Waals surface area contributed by atoms with E-state index in [0.717, 1.165) is 57.4 Å². The number of hydrogen-bond acceptors (Lipinski definition) is 10. The number of carbonyl (C=O) groups excluding carboxylic acids is 1. The smallest absolute Gasteiger partial charge is 0.304 e. The van der Waals surface area contributed by atoms with Gasteiger partial charge >= 0.3 is 12.4 Å². The Labute approximate surface area is 410 Å². The van der Waals surface area contributed by atoms with Crippen molar-refractivity contribution in [3.63, 3.8) is 0 Å². The van der Waals surface area contributed by atoms with E-state index < -0.39 is 97.3 Å². The van der Waals surface area contributed by atoms with Crippen molar-refractivity contribution in [2.45, 2.75) is 77.8 Å². The van der Waals surface area contributed by atoms with Crippen LogP contribution in [0.3, 0.4) is 0 Å². The molecule has 0 atom stereocenters. The Morgan fingerprint density at radius 3 is 1.36 bits per heavy atom. The van der Waals surface area contributed by atoms with E-state index in [2.05, 4.69) is 9.97 Å². The SMILES string of the molecule is CCc1nc2c(F)cc(N3C(=S)N(c4ccc(C#N)c(C(F)(F)F)c4)C(=N)C3(C)C)cn2c(=O)c1F.CCc1nc2c(F)cc(N3C(=S)N(c4ccc(C#N)c(C(F)(F)F)c4)C(=O)C3(C)C)cn2c(=O)c1F. The molecule has 0 bridgehead atoms. The van der Waals surface area contributed by atoms with Crippen LogP contribution in [0.5, 0.6) is 0 Å². The molecular formula is C46H33F10N11O3S2. The molecule has 1 N–H and O–H groups in total. The van der Waals surface area contributed by atoms with Crippen molar-refractivity contribution in [1.82, 2.24) is 18.8 Å². The molecule has 0 aliphatic carbocycles. The second-order valence-corrected chi connectivity index (χ2v) is 17.6. The van der Waals surface area contributed by atoms with Crippen molar-refractivity contribution in [3.05, 3.63) is 139 Å². The number of amides is 1. The van der Waals surface area contributed by atoms with Gasteiger partial charge < -0.3 is 9.80 Å². The third-order valence-electron chi connectivity index (χ3n) is 11.7. The molecule has 2 fully saturated rings. The zero-order chi connectivity index (χ0) is 53.5. The summed E-state index contributed by atoms with van der Waals surface area (Å²) in [6, 6.07) is 10.5. The first-order chi connectivity index (χ1) is 33.5. The zero-order valence-corrected chi connectivity index (χ0v) is 39.6. The third-order valence-corrected chi connectivity index (χ3v) is 12.5. The zero-order valence-electron chi connectivity index (χ0n) is 38.0.